The van der Waals surface area contributed by atoms with Crippen LogP contribution in [0.2, 0.25) is 0 Å². The van der Waals surface area contributed by atoms with Gasteiger partial charge in [0.05, 0.1) is 11.9 Å². The van der Waals surface area contributed by atoms with Gasteiger partial charge >= 0.3 is 0 Å². The van der Waals surface area contributed by atoms with Crippen LogP contribution >= 0.6 is 0 Å². The molecule has 0 radical (unpaired) electrons. The summed E-state index contributed by atoms with van der Waals surface area (Å²) in [5.41, 5.74) is 2.66. The Hall–Kier alpha value is -2.10. The number of pyridine rings is 1. The highest BCUT2D eigenvalue weighted by Crippen LogP contribution is 2.17. The maximum Gasteiger partial charge on any atom is 0.127 e. The Bertz CT molecular complexity index is 508. The summed E-state index contributed by atoms with van der Waals surface area (Å²) in [5.74, 6) is -0.505. The molecule has 0 amide bonds. The minimum absolute atomic E-state index is 0.0651. The lowest BCUT2D eigenvalue weighted by Gasteiger charge is -2.09. The second-order valence-electron chi connectivity index (χ2n) is 3.86. The van der Waals surface area contributed by atoms with Gasteiger partial charge in [0, 0.05) is 18.8 Å². The van der Waals surface area contributed by atoms with Crippen molar-refractivity contribution in [3.8, 4) is 5.75 Å². The average Bonchev–Trinajstić information content (AvgIpc) is 2.27. The average molecular weight is 232 g/mol. The van der Waals surface area contributed by atoms with Crippen LogP contribution in [0.25, 0.3) is 0 Å². The fourth-order valence-corrected chi connectivity index (χ4v) is 1.58. The zero-order valence-electron chi connectivity index (χ0n) is 9.44. The highest BCUT2D eigenvalue weighted by atomic mass is 19.1. The Morgan fingerprint density at radius 1 is 1.35 bits per heavy atom. The zero-order chi connectivity index (χ0) is 12.3. The highest BCUT2D eigenvalue weighted by molar-refractivity contribution is 5.48. The fourth-order valence-electron chi connectivity index (χ4n) is 1.58. The van der Waals surface area contributed by atoms with Crippen LogP contribution in [-0.4, -0.2) is 10.1 Å². The molecule has 0 aliphatic carbocycles. The third kappa shape index (κ3) is 2.93. The minimum atomic E-state index is -0.440. The standard InChI is InChI=1S/C13H13FN2O/c1-9-2-3-15-8-13(9)16-7-10-4-11(14)6-12(17)5-10/h2-6,8,16-17H,7H2,1H3. The van der Waals surface area contributed by atoms with E-state index in [-0.39, 0.29) is 5.75 Å². The number of hydrogen-bond donors (Lipinski definition) is 2. The molecule has 3 nitrogen and oxygen atoms in total. The lowest BCUT2D eigenvalue weighted by molar-refractivity contribution is 0.468. The first-order valence-electron chi connectivity index (χ1n) is 5.28. The van der Waals surface area contributed by atoms with Gasteiger partial charge in [-0.05, 0) is 36.2 Å². The van der Waals surface area contributed by atoms with Crippen LogP contribution in [0.5, 0.6) is 5.75 Å². The van der Waals surface area contributed by atoms with Gasteiger partial charge < -0.3 is 10.4 Å². The number of aromatic nitrogens is 1. The summed E-state index contributed by atoms with van der Waals surface area (Å²) < 4.78 is 13.0. The SMILES string of the molecule is Cc1ccncc1NCc1cc(O)cc(F)c1. The van der Waals surface area contributed by atoms with E-state index < -0.39 is 5.82 Å². The van der Waals surface area contributed by atoms with Crippen molar-refractivity contribution in [3.63, 3.8) is 0 Å². The normalized spacial score (nSPS) is 10.2. The number of nitrogens with one attached hydrogen (secondary N) is 1. The molecule has 2 aromatic rings. The monoisotopic (exact) mass is 232 g/mol. The topological polar surface area (TPSA) is 45.2 Å². The van der Waals surface area contributed by atoms with Gasteiger partial charge in [-0.2, -0.15) is 0 Å². The lowest BCUT2D eigenvalue weighted by Crippen LogP contribution is -2.01. The van der Waals surface area contributed by atoms with Crippen molar-refractivity contribution in [1.82, 2.24) is 4.98 Å². The molecule has 0 saturated heterocycles. The highest BCUT2D eigenvalue weighted by Gasteiger charge is 2.01. The molecular weight excluding hydrogens is 219 g/mol. The molecule has 1 heterocycles. The number of rotatable bonds is 3. The van der Waals surface area contributed by atoms with Crippen molar-refractivity contribution in [2.75, 3.05) is 5.32 Å². The lowest BCUT2D eigenvalue weighted by atomic mass is 10.2. The molecule has 0 spiro atoms. The molecule has 2 N–H and O–H groups in total. The van der Waals surface area contributed by atoms with E-state index in [9.17, 15) is 9.50 Å². The molecular formula is C13H13FN2O. The number of nitrogens with zero attached hydrogens (tertiary/aromatic N) is 1. The van der Waals surface area contributed by atoms with Crippen molar-refractivity contribution in [2.24, 2.45) is 0 Å². The number of phenolic OH excluding ortho intramolecular Hbond substituents is 1. The molecule has 88 valence electrons. The van der Waals surface area contributed by atoms with Crippen LogP contribution in [0.1, 0.15) is 11.1 Å². The minimum Gasteiger partial charge on any atom is -0.508 e. The molecule has 0 saturated carbocycles. The van der Waals surface area contributed by atoms with E-state index in [1.54, 1.807) is 12.4 Å². The van der Waals surface area contributed by atoms with Crippen LogP contribution in [0.4, 0.5) is 10.1 Å². The first kappa shape index (κ1) is 11.4. The van der Waals surface area contributed by atoms with Crippen molar-refractivity contribution in [3.05, 3.63) is 53.6 Å². The molecule has 1 aromatic carbocycles. The zero-order valence-corrected chi connectivity index (χ0v) is 9.44. The van der Waals surface area contributed by atoms with E-state index in [1.807, 2.05) is 13.0 Å². The molecule has 1 aromatic heterocycles. The van der Waals surface area contributed by atoms with Gasteiger partial charge in [-0.15, -0.1) is 0 Å². The van der Waals surface area contributed by atoms with E-state index in [0.29, 0.717) is 12.1 Å². The maximum absolute atomic E-state index is 13.0. The molecule has 0 fully saturated rings. The number of hydrogen-bond acceptors (Lipinski definition) is 3. The predicted molar refractivity (Wildman–Crippen MR) is 64.4 cm³/mol. The molecule has 0 aliphatic rings. The van der Waals surface area contributed by atoms with Gasteiger partial charge in [0.1, 0.15) is 11.6 Å². The largest absolute Gasteiger partial charge is 0.508 e. The molecule has 2 rings (SSSR count). The third-order valence-electron chi connectivity index (χ3n) is 2.46. The Kier molecular flexibility index (Phi) is 3.23. The first-order valence-corrected chi connectivity index (χ1v) is 5.28. The molecule has 4 heteroatoms. The smallest absolute Gasteiger partial charge is 0.127 e. The summed E-state index contributed by atoms with van der Waals surface area (Å²) in [4.78, 5) is 4.01. The maximum atomic E-state index is 13.0. The van der Waals surface area contributed by atoms with Crippen molar-refractivity contribution >= 4 is 5.69 Å². The van der Waals surface area contributed by atoms with Gasteiger partial charge in [0.25, 0.3) is 0 Å². The van der Waals surface area contributed by atoms with Crippen LogP contribution in [-0.2, 0) is 6.54 Å². The van der Waals surface area contributed by atoms with E-state index in [1.165, 1.54) is 12.1 Å². The van der Waals surface area contributed by atoms with Crippen molar-refractivity contribution in [1.29, 1.82) is 0 Å². The predicted octanol–water partition coefficient (Wildman–Crippen LogP) is 2.85. The van der Waals surface area contributed by atoms with Crippen LogP contribution in [0, 0.1) is 12.7 Å². The van der Waals surface area contributed by atoms with E-state index >= 15 is 0 Å². The molecule has 17 heavy (non-hydrogen) atoms. The Morgan fingerprint density at radius 3 is 2.88 bits per heavy atom. The fraction of sp³-hybridized carbons (Fsp3) is 0.154. The summed E-state index contributed by atoms with van der Waals surface area (Å²) in [6, 6.07) is 5.89. The summed E-state index contributed by atoms with van der Waals surface area (Å²) in [6.07, 6.45) is 3.43. The number of benzene rings is 1. The van der Waals surface area contributed by atoms with Crippen LogP contribution in [0.15, 0.2) is 36.7 Å². The molecule has 0 unspecified atom stereocenters. The molecule has 0 aliphatic heterocycles. The van der Waals surface area contributed by atoms with Gasteiger partial charge in [-0.3, -0.25) is 4.98 Å². The van der Waals surface area contributed by atoms with Gasteiger partial charge in [0.15, 0.2) is 0 Å². The van der Waals surface area contributed by atoms with E-state index in [0.717, 1.165) is 17.3 Å². The van der Waals surface area contributed by atoms with Gasteiger partial charge in [-0.1, -0.05) is 0 Å². The van der Waals surface area contributed by atoms with E-state index in [2.05, 4.69) is 10.3 Å². The number of anilines is 1. The molecule has 0 bridgehead atoms. The van der Waals surface area contributed by atoms with E-state index in [4.69, 9.17) is 0 Å². The summed E-state index contributed by atoms with van der Waals surface area (Å²) in [7, 11) is 0. The Morgan fingerprint density at radius 2 is 2.18 bits per heavy atom. The number of aromatic hydroxyl groups is 1. The quantitative estimate of drug-likeness (QED) is 0.855. The summed E-state index contributed by atoms with van der Waals surface area (Å²) >= 11 is 0. The van der Waals surface area contributed by atoms with Crippen LogP contribution < -0.4 is 5.32 Å². The molecule has 0 atom stereocenters. The number of aryl methyl sites for hydroxylation is 1. The summed E-state index contributed by atoms with van der Waals surface area (Å²) in [5, 5.41) is 12.4. The Labute approximate surface area is 98.9 Å². The first-order chi connectivity index (χ1) is 8.15. The second-order valence-corrected chi connectivity index (χ2v) is 3.86. The van der Waals surface area contributed by atoms with Gasteiger partial charge in [0.2, 0.25) is 0 Å². The summed E-state index contributed by atoms with van der Waals surface area (Å²) in [6.45, 7) is 2.41. The van der Waals surface area contributed by atoms with Gasteiger partial charge in [-0.25, -0.2) is 4.39 Å². The number of halogens is 1. The van der Waals surface area contributed by atoms with Crippen molar-refractivity contribution < 1.29 is 9.50 Å². The number of phenols is 1. The van der Waals surface area contributed by atoms with Crippen LogP contribution in [0.3, 0.4) is 0 Å². The van der Waals surface area contributed by atoms with Crippen molar-refractivity contribution in [2.45, 2.75) is 13.5 Å². The third-order valence-corrected chi connectivity index (χ3v) is 2.46. The Balaban J connectivity index is 2.10. The second kappa shape index (κ2) is 4.82.